The topological polar surface area (TPSA) is 131 Å². The SMILES string of the molecule is Cc1cnc(Nc2ccc(C(=O)Nc3cc(CO)ccc3CN)cc2)nc1-n1ccnc1. The van der Waals surface area contributed by atoms with E-state index in [4.69, 9.17) is 5.73 Å². The van der Waals surface area contributed by atoms with Crippen molar-refractivity contribution in [2.45, 2.75) is 20.1 Å². The molecule has 2 aromatic heterocycles. The van der Waals surface area contributed by atoms with Crippen molar-refractivity contribution in [1.29, 1.82) is 0 Å². The molecule has 2 aromatic carbocycles. The Morgan fingerprint density at radius 2 is 2.00 bits per heavy atom. The molecule has 0 fully saturated rings. The summed E-state index contributed by atoms with van der Waals surface area (Å²) in [6.07, 6.45) is 6.93. The van der Waals surface area contributed by atoms with Gasteiger partial charge in [0, 0.05) is 47.6 Å². The number of benzene rings is 2. The van der Waals surface area contributed by atoms with E-state index < -0.39 is 0 Å². The van der Waals surface area contributed by atoms with Crippen LogP contribution in [0.5, 0.6) is 0 Å². The van der Waals surface area contributed by atoms with Gasteiger partial charge in [0.05, 0.1) is 6.61 Å². The summed E-state index contributed by atoms with van der Waals surface area (Å²) >= 11 is 0. The standard InChI is InChI=1S/C23H23N7O2/c1-15-12-26-23(29-21(15)30-9-8-25-14-30)27-19-6-4-17(5-7-19)22(32)28-20-10-16(13-31)2-3-18(20)11-24/h2-10,12,14,31H,11,13,24H2,1H3,(H,28,32)(H,26,27,29). The van der Waals surface area contributed by atoms with Crippen LogP contribution in [-0.2, 0) is 13.2 Å². The molecular formula is C23H23N7O2. The van der Waals surface area contributed by atoms with Crippen molar-refractivity contribution in [3.8, 4) is 5.82 Å². The lowest BCUT2D eigenvalue weighted by atomic mass is 10.1. The van der Waals surface area contributed by atoms with Crippen molar-refractivity contribution < 1.29 is 9.90 Å². The number of carbonyl (C=O) groups is 1. The van der Waals surface area contributed by atoms with E-state index in [-0.39, 0.29) is 19.1 Å². The largest absolute Gasteiger partial charge is 0.392 e. The molecule has 0 aliphatic carbocycles. The Morgan fingerprint density at radius 1 is 1.19 bits per heavy atom. The van der Waals surface area contributed by atoms with E-state index in [1.165, 1.54) is 0 Å². The zero-order valence-corrected chi connectivity index (χ0v) is 17.5. The van der Waals surface area contributed by atoms with E-state index in [2.05, 4.69) is 25.6 Å². The van der Waals surface area contributed by atoms with E-state index in [0.29, 0.717) is 22.8 Å². The van der Waals surface area contributed by atoms with Gasteiger partial charge in [-0.15, -0.1) is 0 Å². The number of carbonyl (C=O) groups excluding carboxylic acids is 1. The molecule has 1 amide bonds. The number of rotatable bonds is 7. The van der Waals surface area contributed by atoms with Gasteiger partial charge in [-0.05, 0) is 48.4 Å². The van der Waals surface area contributed by atoms with Crippen LogP contribution in [0.2, 0.25) is 0 Å². The molecule has 4 rings (SSSR count). The number of amides is 1. The number of hydrogen-bond acceptors (Lipinski definition) is 7. The van der Waals surface area contributed by atoms with Crippen LogP contribution in [-0.4, -0.2) is 30.5 Å². The Morgan fingerprint density at radius 3 is 2.69 bits per heavy atom. The van der Waals surface area contributed by atoms with E-state index in [9.17, 15) is 9.90 Å². The number of aryl methyl sites for hydroxylation is 1. The van der Waals surface area contributed by atoms with Gasteiger partial charge in [0.2, 0.25) is 5.95 Å². The Hall–Kier alpha value is -4.08. The number of nitrogens with two attached hydrogens (primary N) is 1. The van der Waals surface area contributed by atoms with Crippen LogP contribution in [0.1, 0.15) is 27.0 Å². The van der Waals surface area contributed by atoms with Crippen LogP contribution in [0.3, 0.4) is 0 Å². The number of imidazole rings is 1. The molecular weight excluding hydrogens is 406 g/mol. The lowest BCUT2D eigenvalue weighted by molar-refractivity contribution is 0.102. The summed E-state index contributed by atoms with van der Waals surface area (Å²) < 4.78 is 1.82. The average molecular weight is 429 g/mol. The summed E-state index contributed by atoms with van der Waals surface area (Å²) in [5.74, 6) is 0.900. The first-order valence-corrected chi connectivity index (χ1v) is 10.0. The van der Waals surface area contributed by atoms with Gasteiger partial charge in [-0.2, -0.15) is 4.98 Å². The van der Waals surface area contributed by atoms with Crippen LogP contribution in [0.25, 0.3) is 5.82 Å². The second kappa shape index (κ2) is 9.38. The normalized spacial score (nSPS) is 10.7. The highest BCUT2D eigenvalue weighted by Crippen LogP contribution is 2.20. The van der Waals surface area contributed by atoms with Crippen molar-refractivity contribution in [3.05, 3.63) is 89.6 Å². The van der Waals surface area contributed by atoms with Crippen molar-refractivity contribution in [2.24, 2.45) is 5.73 Å². The van der Waals surface area contributed by atoms with Crippen LogP contribution in [0.4, 0.5) is 17.3 Å². The van der Waals surface area contributed by atoms with Gasteiger partial charge in [0.1, 0.15) is 12.1 Å². The fourth-order valence-corrected chi connectivity index (χ4v) is 3.18. The average Bonchev–Trinajstić information content (AvgIpc) is 3.35. The number of nitrogens with zero attached hydrogens (tertiary/aromatic N) is 4. The first-order chi connectivity index (χ1) is 15.6. The van der Waals surface area contributed by atoms with Crippen molar-refractivity contribution in [1.82, 2.24) is 19.5 Å². The molecule has 0 saturated carbocycles. The fourth-order valence-electron chi connectivity index (χ4n) is 3.18. The highest BCUT2D eigenvalue weighted by atomic mass is 16.3. The molecule has 0 saturated heterocycles. The minimum absolute atomic E-state index is 0.113. The van der Waals surface area contributed by atoms with Crippen molar-refractivity contribution in [2.75, 3.05) is 10.6 Å². The Balaban J connectivity index is 1.48. The molecule has 0 spiro atoms. The van der Waals surface area contributed by atoms with Gasteiger partial charge in [-0.1, -0.05) is 12.1 Å². The van der Waals surface area contributed by atoms with Crippen molar-refractivity contribution >= 4 is 23.2 Å². The molecule has 5 N–H and O–H groups in total. The predicted octanol–water partition coefficient (Wildman–Crippen LogP) is 2.92. The molecule has 0 aliphatic rings. The molecule has 162 valence electrons. The lowest BCUT2D eigenvalue weighted by Crippen LogP contribution is -2.14. The molecule has 32 heavy (non-hydrogen) atoms. The predicted molar refractivity (Wildman–Crippen MR) is 122 cm³/mol. The number of anilines is 3. The maximum atomic E-state index is 12.7. The molecule has 0 aliphatic heterocycles. The van der Waals surface area contributed by atoms with Gasteiger partial charge in [0.15, 0.2) is 0 Å². The van der Waals surface area contributed by atoms with Gasteiger partial charge >= 0.3 is 0 Å². The summed E-state index contributed by atoms with van der Waals surface area (Å²) in [5.41, 5.74) is 9.99. The van der Waals surface area contributed by atoms with Gasteiger partial charge in [-0.3, -0.25) is 9.36 Å². The summed E-state index contributed by atoms with van der Waals surface area (Å²) in [6, 6.07) is 12.3. The van der Waals surface area contributed by atoms with E-state index in [1.807, 2.05) is 17.7 Å². The van der Waals surface area contributed by atoms with E-state index in [1.54, 1.807) is 61.2 Å². The highest BCUT2D eigenvalue weighted by Gasteiger charge is 2.11. The quantitative estimate of drug-likeness (QED) is 0.355. The Labute approximate surface area is 185 Å². The Kier molecular flexibility index (Phi) is 6.20. The summed E-state index contributed by atoms with van der Waals surface area (Å²) in [7, 11) is 0. The monoisotopic (exact) mass is 429 g/mol. The van der Waals surface area contributed by atoms with Gasteiger partial charge in [-0.25, -0.2) is 9.97 Å². The molecule has 9 nitrogen and oxygen atoms in total. The van der Waals surface area contributed by atoms with Crippen LogP contribution < -0.4 is 16.4 Å². The molecule has 9 heteroatoms. The molecule has 0 unspecified atom stereocenters. The molecule has 4 aromatic rings. The molecule has 2 heterocycles. The zero-order chi connectivity index (χ0) is 22.5. The number of aliphatic hydroxyl groups excluding tert-OH is 1. The van der Waals surface area contributed by atoms with Gasteiger partial charge in [0.25, 0.3) is 5.91 Å². The number of nitrogens with one attached hydrogen (secondary N) is 2. The fraction of sp³-hybridized carbons (Fsp3) is 0.130. The minimum atomic E-state index is -0.268. The third-order valence-corrected chi connectivity index (χ3v) is 4.92. The number of hydrogen-bond donors (Lipinski definition) is 4. The van der Waals surface area contributed by atoms with E-state index in [0.717, 1.165) is 22.6 Å². The molecule has 0 bridgehead atoms. The minimum Gasteiger partial charge on any atom is -0.392 e. The first-order valence-electron chi connectivity index (χ1n) is 10.0. The maximum absolute atomic E-state index is 12.7. The summed E-state index contributed by atoms with van der Waals surface area (Å²) in [5, 5.41) is 15.4. The second-order valence-electron chi connectivity index (χ2n) is 7.18. The third-order valence-electron chi connectivity index (χ3n) is 4.92. The number of aliphatic hydroxyl groups is 1. The highest BCUT2D eigenvalue weighted by molar-refractivity contribution is 6.04. The summed E-state index contributed by atoms with van der Waals surface area (Å²) in [4.78, 5) is 25.6. The third kappa shape index (κ3) is 4.64. The smallest absolute Gasteiger partial charge is 0.255 e. The molecule has 0 radical (unpaired) electrons. The summed E-state index contributed by atoms with van der Waals surface area (Å²) in [6.45, 7) is 2.10. The Bertz CT molecular complexity index is 1220. The molecule has 0 atom stereocenters. The maximum Gasteiger partial charge on any atom is 0.255 e. The van der Waals surface area contributed by atoms with Crippen molar-refractivity contribution in [3.63, 3.8) is 0 Å². The zero-order valence-electron chi connectivity index (χ0n) is 17.5. The van der Waals surface area contributed by atoms with Gasteiger partial charge < -0.3 is 21.5 Å². The van der Waals surface area contributed by atoms with E-state index >= 15 is 0 Å². The second-order valence-corrected chi connectivity index (χ2v) is 7.18. The van der Waals surface area contributed by atoms with Crippen LogP contribution in [0, 0.1) is 6.92 Å². The lowest BCUT2D eigenvalue weighted by Gasteiger charge is -2.12. The first kappa shape index (κ1) is 21.2. The number of aromatic nitrogens is 4. The van der Waals surface area contributed by atoms with Crippen LogP contribution in [0.15, 0.2) is 67.4 Å². The van der Waals surface area contributed by atoms with Crippen LogP contribution >= 0.6 is 0 Å².